The molecule has 0 radical (unpaired) electrons. The van der Waals surface area contributed by atoms with E-state index in [4.69, 9.17) is 22.6 Å². The van der Waals surface area contributed by atoms with Crippen LogP contribution in [0.25, 0.3) is 0 Å². The van der Waals surface area contributed by atoms with E-state index >= 15 is 0 Å². The zero-order chi connectivity index (χ0) is 24.9. The van der Waals surface area contributed by atoms with E-state index < -0.39 is 39.0 Å². The lowest BCUT2D eigenvalue weighted by molar-refractivity contribution is -0.138. The molecule has 0 aliphatic rings. The minimum atomic E-state index is -4.13. The van der Waals surface area contributed by atoms with Crippen molar-refractivity contribution >= 4 is 21.4 Å². The summed E-state index contributed by atoms with van der Waals surface area (Å²) in [7, 11) is -5.14. The maximum Gasteiger partial charge on any atom is 0.530 e. The van der Waals surface area contributed by atoms with E-state index in [1.807, 2.05) is 0 Å². The van der Waals surface area contributed by atoms with Crippen molar-refractivity contribution in [1.82, 2.24) is 0 Å². The number of hydrogen-bond donors (Lipinski definition) is 1. The van der Waals surface area contributed by atoms with Crippen molar-refractivity contribution in [3.8, 4) is 5.75 Å². The van der Waals surface area contributed by atoms with Crippen molar-refractivity contribution in [2.75, 3.05) is 14.2 Å². The summed E-state index contributed by atoms with van der Waals surface area (Å²) >= 11 is 0. The molecule has 0 bridgehead atoms. The maximum atomic E-state index is 13.6. The summed E-state index contributed by atoms with van der Waals surface area (Å²) in [4.78, 5) is 11.5. The second kappa shape index (κ2) is 11.3. The highest BCUT2D eigenvalue weighted by Crippen LogP contribution is 2.58. The van der Waals surface area contributed by atoms with E-state index in [-0.39, 0.29) is 18.3 Å². The fourth-order valence-electron chi connectivity index (χ4n) is 3.13. The SMILES string of the molecule is COP(=O)(Cc1c(C)ccc(C(C)(C)CC(=O)O)c1OP(=O)(OC(C)C)OC(C)C)OC. The molecule has 0 spiro atoms. The molecular weight excluding hydrogens is 458 g/mol. The highest BCUT2D eigenvalue weighted by atomic mass is 31.2. The van der Waals surface area contributed by atoms with Gasteiger partial charge < -0.3 is 18.7 Å². The fraction of sp³-hybridized carbons (Fsp3) is 0.667. The Morgan fingerprint density at radius 2 is 1.53 bits per heavy atom. The van der Waals surface area contributed by atoms with Crippen LogP contribution in [0.4, 0.5) is 0 Å². The van der Waals surface area contributed by atoms with Gasteiger partial charge in [-0.25, -0.2) is 4.57 Å². The van der Waals surface area contributed by atoms with Gasteiger partial charge in [0.1, 0.15) is 5.75 Å². The molecule has 184 valence electrons. The minimum absolute atomic E-state index is 0.0928. The number of carboxylic acids is 1. The monoisotopic (exact) mass is 494 g/mol. The zero-order valence-electron chi connectivity index (χ0n) is 20.3. The summed E-state index contributed by atoms with van der Waals surface area (Å²) in [6.07, 6.45) is -1.36. The largest absolute Gasteiger partial charge is 0.530 e. The van der Waals surface area contributed by atoms with E-state index in [0.717, 1.165) is 0 Å². The normalized spacial score (nSPS) is 13.1. The second-order valence-electron chi connectivity index (χ2n) is 8.67. The number of benzene rings is 1. The van der Waals surface area contributed by atoms with Crippen molar-refractivity contribution in [2.24, 2.45) is 0 Å². The summed E-state index contributed by atoms with van der Waals surface area (Å²) in [5, 5.41) is 9.43. The number of aliphatic carboxylic acids is 1. The van der Waals surface area contributed by atoms with Crippen LogP contribution in [0.3, 0.4) is 0 Å². The van der Waals surface area contributed by atoms with Gasteiger partial charge in [-0.05, 0) is 40.2 Å². The van der Waals surface area contributed by atoms with Gasteiger partial charge >= 0.3 is 21.4 Å². The highest BCUT2D eigenvalue weighted by molar-refractivity contribution is 7.53. The molecule has 0 unspecified atom stereocenters. The Bertz CT molecular complexity index is 872. The van der Waals surface area contributed by atoms with Gasteiger partial charge in [0, 0.05) is 30.8 Å². The molecule has 0 fully saturated rings. The van der Waals surface area contributed by atoms with Crippen molar-refractivity contribution in [2.45, 2.75) is 78.7 Å². The summed E-state index contributed by atoms with van der Waals surface area (Å²) < 4.78 is 53.8. The van der Waals surface area contributed by atoms with Gasteiger partial charge in [0.25, 0.3) is 0 Å². The molecular formula is C21H36O9P2. The van der Waals surface area contributed by atoms with Gasteiger partial charge in [-0.3, -0.25) is 18.4 Å². The van der Waals surface area contributed by atoms with E-state index in [0.29, 0.717) is 16.7 Å². The summed E-state index contributed by atoms with van der Waals surface area (Å²) in [5.41, 5.74) is 0.616. The lowest BCUT2D eigenvalue weighted by Crippen LogP contribution is -2.24. The van der Waals surface area contributed by atoms with E-state index in [1.165, 1.54) is 14.2 Å². The summed E-state index contributed by atoms with van der Waals surface area (Å²) in [5.74, 6) is -0.919. The molecule has 1 aromatic carbocycles. The van der Waals surface area contributed by atoms with Crippen LogP contribution >= 0.6 is 15.4 Å². The average molecular weight is 494 g/mol. The van der Waals surface area contributed by atoms with Crippen LogP contribution in [0.5, 0.6) is 5.75 Å². The van der Waals surface area contributed by atoms with E-state index in [2.05, 4.69) is 0 Å². The Morgan fingerprint density at radius 3 is 1.94 bits per heavy atom. The van der Waals surface area contributed by atoms with Crippen LogP contribution in [0.1, 0.15) is 64.7 Å². The first-order valence-electron chi connectivity index (χ1n) is 10.3. The van der Waals surface area contributed by atoms with E-state index in [1.54, 1.807) is 60.6 Å². The van der Waals surface area contributed by atoms with Gasteiger partial charge in [-0.15, -0.1) is 0 Å². The predicted molar refractivity (Wildman–Crippen MR) is 122 cm³/mol. The zero-order valence-corrected chi connectivity index (χ0v) is 22.1. The molecule has 0 saturated carbocycles. The number of carbonyl (C=O) groups is 1. The molecule has 0 heterocycles. The van der Waals surface area contributed by atoms with Gasteiger partial charge in [0.15, 0.2) is 0 Å². The Morgan fingerprint density at radius 1 is 1.03 bits per heavy atom. The third-order valence-corrected chi connectivity index (χ3v) is 8.19. The number of phosphoric ester groups is 1. The molecule has 1 N–H and O–H groups in total. The van der Waals surface area contributed by atoms with Gasteiger partial charge in [0.05, 0.1) is 24.8 Å². The van der Waals surface area contributed by atoms with Gasteiger partial charge in [0.2, 0.25) is 0 Å². The van der Waals surface area contributed by atoms with Gasteiger partial charge in [-0.2, -0.15) is 0 Å². The molecule has 1 rings (SSSR count). The van der Waals surface area contributed by atoms with Crippen molar-refractivity contribution in [3.63, 3.8) is 0 Å². The fourth-order valence-corrected chi connectivity index (χ4v) is 5.91. The molecule has 0 aliphatic carbocycles. The number of hydrogen-bond acceptors (Lipinski definition) is 8. The van der Waals surface area contributed by atoms with Crippen LogP contribution in [0.2, 0.25) is 0 Å². The van der Waals surface area contributed by atoms with Crippen LogP contribution in [-0.2, 0) is 43.6 Å². The highest BCUT2D eigenvalue weighted by Gasteiger charge is 2.38. The Balaban J connectivity index is 3.81. The number of rotatable bonds is 13. The van der Waals surface area contributed by atoms with Crippen LogP contribution in [0.15, 0.2) is 12.1 Å². The number of carboxylic acid groups (broad SMARTS) is 1. The van der Waals surface area contributed by atoms with Crippen molar-refractivity contribution in [1.29, 1.82) is 0 Å². The maximum absolute atomic E-state index is 13.6. The van der Waals surface area contributed by atoms with Crippen LogP contribution in [-0.4, -0.2) is 37.5 Å². The van der Waals surface area contributed by atoms with Crippen LogP contribution < -0.4 is 4.52 Å². The van der Waals surface area contributed by atoms with E-state index in [9.17, 15) is 19.0 Å². The minimum Gasteiger partial charge on any atom is -0.481 e. The summed E-state index contributed by atoms with van der Waals surface area (Å²) in [6.45, 7) is 12.0. The lowest BCUT2D eigenvalue weighted by Gasteiger charge is -2.31. The standard InChI is InChI=1S/C21H36O9P2/c1-14(2)28-32(25,29-15(3)4)30-20-17(13-31(24,26-8)27-9)16(5)10-11-18(20)21(6,7)12-19(22)23/h10-11,14-15H,12-13H2,1-9H3,(H,22,23). The smallest absolute Gasteiger partial charge is 0.481 e. The van der Waals surface area contributed by atoms with Gasteiger partial charge in [-0.1, -0.05) is 26.0 Å². The van der Waals surface area contributed by atoms with Crippen molar-refractivity contribution < 1.29 is 41.6 Å². The molecule has 0 aromatic heterocycles. The first-order chi connectivity index (χ1) is 14.6. The lowest BCUT2D eigenvalue weighted by atomic mass is 9.80. The molecule has 1 aromatic rings. The Hall–Kier alpha value is -1.21. The molecule has 0 saturated heterocycles. The third-order valence-electron chi connectivity index (χ3n) is 4.61. The molecule has 0 atom stereocenters. The molecule has 11 heteroatoms. The second-order valence-corrected chi connectivity index (χ2v) is 12.4. The quantitative estimate of drug-likeness (QED) is 0.326. The topological polar surface area (TPSA) is 118 Å². The molecule has 9 nitrogen and oxygen atoms in total. The first-order valence-corrected chi connectivity index (χ1v) is 13.5. The summed E-state index contributed by atoms with van der Waals surface area (Å²) in [6, 6.07) is 3.46. The average Bonchev–Trinajstić information content (AvgIpc) is 2.61. The number of aryl methyl sites for hydroxylation is 1. The third kappa shape index (κ3) is 7.98. The first kappa shape index (κ1) is 28.8. The molecule has 0 aliphatic heterocycles. The van der Waals surface area contributed by atoms with Crippen molar-refractivity contribution in [3.05, 3.63) is 28.8 Å². The number of phosphoric acid groups is 1. The Labute approximate surface area is 190 Å². The molecule has 32 heavy (non-hydrogen) atoms. The predicted octanol–water partition coefficient (Wildman–Crippen LogP) is 6.07. The van der Waals surface area contributed by atoms with Crippen LogP contribution in [0, 0.1) is 6.92 Å². The molecule has 0 amide bonds. The Kier molecular flexibility index (Phi) is 10.2.